The van der Waals surface area contributed by atoms with E-state index in [1.807, 2.05) is 6.08 Å². The molecule has 6 atom stereocenters. The molecule has 2 fully saturated rings. The molecule has 0 aliphatic heterocycles. The van der Waals surface area contributed by atoms with Gasteiger partial charge in [0, 0.05) is 23.3 Å². The average molecular weight is 398 g/mol. The standard InChI is InChI=1S/C24H30O5/c1-14(25)24(29-15(2)26)11-8-19-17-13-21(28-5)20-12-16(27)6-9-22(20,3)18(17)7-10-23(19,24)4/h6,9,12-13,17-19H,7-8,10-11H2,1-5H3/t17-,18+,19-,22-,23+,24+/m1/s1. The summed E-state index contributed by atoms with van der Waals surface area (Å²) < 4.78 is 11.5. The van der Waals surface area contributed by atoms with E-state index in [-0.39, 0.29) is 28.8 Å². The van der Waals surface area contributed by atoms with Crippen molar-refractivity contribution in [2.75, 3.05) is 7.11 Å². The predicted molar refractivity (Wildman–Crippen MR) is 108 cm³/mol. The second-order valence-electron chi connectivity index (χ2n) is 9.57. The van der Waals surface area contributed by atoms with Crippen molar-refractivity contribution >= 4 is 17.5 Å². The van der Waals surface area contributed by atoms with Crippen molar-refractivity contribution in [3.8, 4) is 0 Å². The molecule has 0 aromatic heterocycles. The number of carbonyl (C=O) groups is 3. The van der Waals surface area contributed by atoms with Crippen LogP contribution in [0.3, 0.4) is 0 Å². The van der Waals surface area contributed by atoms with Crippen LogP contribution in [0, 0.1) is 28.6 Å². The lowest BCUT2D eigenvalue weighted by Crippen LogP contribution is -2.58. The summed E-state index contributed by atoms with van der Waals surface area (Å²) in [7, 11) is 1.64. The maximum absolute atomic E-state index is 12.8. The van der Waals surface area contributed by atoms with Crippen LogP contribution in [0.2, 0.25) is 0 Å². The zero-order chi connectivity index (χ0) is 21.2. The lowest BCUT2D eigenvalue weighted by atomic mass is 9.48. The van der Waals surface area contributed by atoms with Gasteiger partial charge in [0.15, 0.2) is 17.2 Å². The molecule has 0 bridgehead atoms. The summed E-state index contributed by atoms with van der Waals surface area (Å²) in [6, 6.07) is 0. The van der Waals surface area contributed by atoms with Crippen molar-refractivity contribution in [3.05, 3.63) is 35.6 Å². The normalized spacial score (nSPS) is 42.8. The van der Waals surface area contributed by atoms with E-state index in [1.165, 1.54) is 6.92 Å². The Labute approximate surface area is 172 Å². The lowest BCUT2D eigenvalue weighted by Gasteiger charge is -2.56. The first kappa shape index (κ1) is 20.1. The third kappa shape index (κ3) is 2.55. The number of Topliss-reactive ketones (excluding diaryl/α,β-unsaturated/α-hetero) is 1. The first-order valence-corrected chi connectivity index (χ1v) is 10.5. The van der Waals surface area contributed by atoms with Crippen LogP contribution in [-0.4, -0.2) is 30.2 Å². The number of fused-ring (bicyclic) bond motifs is 5. The fourth-order valence-electron chi connectivity index (χ4n) is 6.98. The van der Waals surface area contributed by atoms with Gasteiger partial charge in [0.1, 0.15) is 5.76 Å². The van der Waals surface area contributed by atoms with Gasteiger partial charge in [-0.3, -0.25) is 14.4 Å². The average Bonchev–Trinajstić information content (AvgIpc) is 2.95. The van der Waals surface area contributed by atoms with Gasteiger partial charge in [-0.1, -0.05) is 19.9 Å². The largest absolute Gasteiger partial charge is 0.497 e. The second-order valence-corrected chi connectivity index (χ2v) is 9.57. The Morgan fingerprint density at radius 2 is 1.79 bits per heavy atom. The van der Waals surface area contributed by atoms with Crippen LogP contribution in [0.4, 0.5) is 0 Å². The molecule has 5 heteroatoms. The summed E-state index contributed by atoms with van der Waals surface area (Å²) in [6.45, 7) is 7.25. The van der Waals surface area contributed by atoms with Crippen LogP contribution in [0.1, 0.15) is 53.4 Å². The van der Waals surface area contributed by atoms with Gasteiger partial charge in [-0.25, -0.2) is 0 Å². The Morgan fingerprint density at radius 3 is 2.41 bits per heavy atom. The molecule has 29 heavy (non-hydrogen) atoms. The van der Waals surface area contributed by atoms with Crippen molar-refractivity contribution in [1.82, 2.24) is 0 Å². The van der Waals surface area contributed by atoms with E-state index >= 15 is 0 Å². The van der Waals surface area contributed by atoms with Gasteiger partial charge in [0.25, 0.3) is 0 Å². The van der Waals surface area contributed by atoms with Gasteiger partial charge in [-0.05, 0) is 68.6 Å². The van der Waals surface area contributed by atoms with E-state index in [2.05, 4.69) is 19.9 Å². The zero-order valence-corrected chi connectivity index (χ0v) is 17.9. The number of methoxy groups -OCH3 is 1. The highest BCUT2D eigenvalue weighted by Gasteiger charge is 2.67. The molecule has 0 N–H and O–H groups in total. The highest BCUT2D eigenvalue weighted by molar-refractivity contribution is 6.01. The molecule has 0 aromatic rings. The molecule has 0 saturated heterocycles. The fourth-order valence-corrected chi connectivity index (χ4v) is 6.98. The van der Waals surface area contributed by atoms with E-state index in [0.29, 0.717) is 12.3 Å². The molecule has 0 radical (unpaired) electrons. The third-order valence-corrected chi connectivity index (χ3v) is 8.40. The van der Waals surface area contributed by atoms with Crippen LogP contribution in [-0.2, 0) is 23.9 Å². The van der Waals surface area contributed by atoms with Gasteiger partial charge in [0.2, 0.25) is 0 Å². The molecule has 5 nitrogen and oxygen atoms in total. The van der Waals surface area contributed by atoms with Crippen molar-refractivity contribution in [3.63, 3.8) is 0 Å². The van der Waals surface area contributed by atoms with Gasteiger partial charge in [-0.15, -0.1) is 0 Å². The van der Waals surface area contributed by atoms with Gasteiger partial charge in [0.05, 0.1) is 7.11 Å². The number of hydrogen-bond acceptors (Lipinski definition) is 5. The number of ether oxygens (including phenoxy) is 2. The quantitative estimate of drug-likeness (QED) is 0.674. The maximum Gasteiger partial charge on any atom is 0.303 e. The van der Waals surface area contributed by atoms with E-state index in [4.69, 9.17) is 9.47 Å². The molecule has 156 valence electrons. The number of carbonyl (C=O) groups excluding carboxylic acids is 3. The summed E-state index contributed by atoms with van der Waals surface area (Å²) in [6.07, 6.45) is 10.7. The monoisotopic (exact) mass is 398 g/mol. The topological polar surface area (TPSA) is 69.7 Å². The van der Waals surface area contributed by atoms with Gasteiger partial charge in [-0.2, -0.15) is 0 Å². The number of hydrogen-bond donors (Lipinski definition) is 0. The Kier molecular flexibility index (Phi) is 4.45. The molecule has 0 amide bonds. The minimum atomic E-state index is -1.05. The van der Waals surface area contributed by atoms with Crippen LogP contribution in [0.25, 0.3) is 0 Å². The molecule has 0 aromatic carbocycles. The number of allylic oxidation sites excluding steroid dienone is 5. The summed E-state index contributed by atoms with van der Waals surface area (Å²) in [5, 5.41) is 0. The Balaban J connectivity index is 1.82. The molecular formula is C24H30O5. The molecule has 4 rings (SSSR count). The fraction of sp³-hybridized carbons (Fsp3) is 0.625. The molecule has 0 heterocycles. The van der Waals surface area contributed by atoms with E-state index in [0.717, 1.165) is 30.6 Å². The summed E-state index contributed by atoms with van der Waals surface area (Å²) >= 11 is 0. The summed E-state index contributed by atoms with van der Waals surface area (Å²) in [5.41, 5.74) is -0.783. The van der Waals surface area contributed by atoms with Crippen molar-refractivity contribution in [2.24, 2.45) is 28.6 Å². The van der Waals surface area contributed by atoms with Crippen LogP contribution < -0.4 is 0 Å². The SMILES string of the molecule is COC1=C[C@H]2[C@H]3CC[C@](OC(C)=O)(C(C)=O)[C@@]3(C)CC[C@@H]2[C@@]2(C)C=CC(=O)C=C12. The minimum absolute atomic E-state index is 0.00848. The van der Waals surface area contributed by atoms with Gasteiger partial charge >= 0.3 is 5.97 Å². The van der Waals surface area contributed by atoms with E-state index in [1.54, 1.807) is 26.2 Å². The summed E-state index contributed by atoms with van der Waals surface area (Å²) in [5.74, 6) is 1.01. The minimum Gasteiger partial charge on any atom is -0.497 e. The molecule has 4 aliphatic carbocycles. The number of esters is 1. The Bertz CT molecular complexity index is 880. The number of ketones is 2. The Hall–Kier alpha value is -2.17. The molecule has 2 saturated carbocycles. The smallest absolute Gasteiger partial charge is 0.303 e. The molecule has 0 unspecified atom stereocenters. The first-order valence-electron chi connectivity index (χ1n) is 10.5. The molecule has 0 spiro atoms. The first-order chi connectivity index (χ1) is 13.6. The molecule has 4 aliphatic rings. The lowest BCUT2D eigenvalue weighted by molar-refractivity contribution is -0.184. The predicted octanol–water partition coefficient (Wildman–Crippen LogP) is 3.94. The molecular weight excluding hydrogens is 368 g/mol. The Morgan fingerprint density at radius 1 is 1.10 bits per heavy atom. The summed E-state index contributed by atoms with van der Waals surface area (Å²) in [4.78, 5) is 36.8. The number of rotatable bonds is 3. The highest BCUT2D eigenvalue weighted by atomic mass is 16.6. The van der Waals surface area contributed by atoms with Gasteiger partial charge < -0.3 is 9.47 Å². The van der Waals surface area contributed by atoms with Crippen molar-refractivity contribution in [1.29, 1.82) is 0 Å². The van der Waals surface area contributed by atoms with Crippen molar-refractivity contribution in [2.45, 2.75) is 59.0 Å². The van der Waals surface area contributed by atoms with Crippen molar-refractivity contribution < 1.29 is 23.9 Å². The zero-order valence-electron chi connectivity index (χ0n) is 17.9. The van der Waals surface area contributed by atoms with E-state index < -0.39 is 17.0 Å². The second kappa shape index (κ2) is 6.41. The highest BCUT2D eigenvalue weighted by Crippen LogP contribution is 2.67. The third-order valence-electron chi connectivity index (χ3n) is 8.40. The maximum atomic E-state index is 12.8. The van der Waals surface area contributed by atoms with Crippen LogP contribution in [0.5, 0.6) is 0 Å². The van der Waals surface area contributed by atoms with Crippen LogP contribution >= 0.6 is 0 Å². The van der Waals surface area contributed by atoms with E-state index in [9.17, 15) is 14.4 Å². The van der Waals surface area contributed by atoms with Crippen LogP contribution in [0.15, 0.2) is 35.6 Å².